The number of nitrogens with one attached hydrogen (secondary N) is 8. The summed E-state index contributed by atoms with van der Waals surface area (Å²) in [7, 11) is 0. The number of guanidine groups is 2. The highest BCUT2D eigenvalue weighted by atomic mass is 16.4. The van der Waals surface area contributed by atoms with Crippen LogP contribution in [0.5, 0.6) is 11.5 Å². The van der Waals surface area contributed by atoms with Crippen LogP contribution in [0.3, 0.4) is 0 Å². The van der Waals surface area contributed by atoms with Gasteiger partial charge in [0.25, 0.3) is 5.97 Å². The van der Waals surface area contributed by atoms with Crippen molar-refractivity contribution < 1.29 is 78.6 Å². The van der Waals surface area contributed by atoms with E-state index in [1.54, 1.807) is 13.8 Å². The first-order valence-corrected chi connectivity index (χ1v) is 27.2. The molecule has 2 aromatic rings. The summed E-state index contributed by atoms with van der Waals surface area (Å²) in [5.41, 5.74) is 34.0. The first-order valence-electron chi connectivity index (χ1n) is 27.2. The lowest BCUT2D eigenvalue weighted by Gasteiger charge is -2.28. The van der Waals surface area contributed by atoms with E-state index in [1.807, 2.05) is 0 Å². The number of carbonyl (C=O) groups is 10. The number of carboxylic acids is 2. The molecule has 26 N–H and O–H groups in total. The number of unbranched alkanes of at least 4 members (excludes halogenated alkanes) is 1. The van der Waals surface area contributed by atoms with Crippen LogP contribution < -0.4 is 76.9 Å². The van der Waals surface area contributed by atoms with E-state index < -0.39 is 132 Å². The second kappa shape index (κ2) is 38.8. The summed E-state index contributed by atoms with van der Waals surface area (Å²) in [4.78, 5) is 139. The molecule has 0 heterocycles. The lowest BCUT2D eigenvalue weighted by Crippen LogP contribution is -2.62. The summed E-state index contributed by atoms with van der Waals surface area (Å²) >= 11 is 0. The summed E-state index contributed by atoms with van der Waals surface area (Å²) in [6.45, 7) is 6.32. The molecule has 2 aromatic carbocycles. The Morgan fingerprint density at radius 1 is 0.494 bits per heavy atom. The number of amides is 8. The van der Waals surface area contributed by atoms with Gasteiger partial charge in [-0.05, 0) is 107 Å². The smallest absolute Gasteiger partial charge is 0.326 e. The van der Waals surface area contributed by atoms with Crippen LogP contribution in [0.15, 0.2) is 58.5 Å². The van der Waals surface area contributed by atoms with Gasteiger partial charge in [0.05, 0.1) is 18.8 Å². The summed E-state index contributed by atoms with van der Waals surface area (Å²) in [6.07, 6.45) is -0.915. The van der Waals surface area contributed by atoms with E-state index in [-0.39, 0.29) is 81.6 Å². The maximum absolute atomic E-state index is 14.3. The quantitative estimate of drug-likeness (QED) is 0.0172. The Bertz CT molecular complexity index is 2560. The topological polar surface area (TPSA) is 569 Å². The fourth-order valence-corrected chi connectivity index (χ4v) is 7.72. The molecule has 0 saturated heterocycles. The monoisotopic (exact) mass is 1200 g/mol. The van der Waals surface area contributed by atoms with Crippen molar-refractivity contribution in [3.8, 4) is 11.5 Å². The third-order valence-corrected chi connectivity index (χ3v) is 12.3. The Labute approximate surface area is 491 Å². The largest absolute Gasteiger partial charge is 0.508 e. The molecular formula is C53H86N16O16. The van der Waals surface area contributed by atoms with Gasteiger partial charge in [0, 0.05) is 32.9 Å². The van der Waals surface area contributed by atoms with Gasteiger partial charge in [-0.15, -0.1) is 0 Å². The van der Waals surface area contributed by atoms with Crippen LogP contribution in [-0.4, -0.2) is 188 Å². The molecule has 0 aromatic heterocycles. The van der Waals surface area contributed by atoms with Crippen molar-refractivity contribution in [2.24, 2.45) is 50.3 Å². The van der Waals surface area contributed by atoms with Gasteiger partial charge in [-0.1, -0.05) is 38.1 Å². The van der Waals surface area contributed by atoms with Gasteiger partial charge in [0.15, 0.2) is 11.9 Å². The number of hydrogen-bond donors (Lipinski definition) is 20. The second-order valence-corrected chi connectivity index (χ2v) is 20.1. The Morgan fingerprint density at radius 3 is 1.33 bits per heavy atom. The molecule has 0 saturated carbocycles. The number of benzene rings is 2. The van der Waals surface area contributed by atoms with E-state index in [0.717, 1.165) is 13.8 Å². The summed E-state index contributed by atoms with van der Waals surface area (Å²) in [5, 5.41) is 77.7. The van der Waals surface area contributed by atoms with Crippen LogP contribution in [0.1, 0.15) is 90.7 Å². The van der Waals surface area contributed by atoms with Gasteiger partial charge in [-0.2, -0.15) is 0 Å². The molecule has 85 heavy (non-hydrogen) atoms. The molecule has 0 aliphatic carbocycles. The number of aliphatic carboxylic acids is 2. The standard InChI is InChI=1S/C51H82N16O14.C2H4O2/c1-26(2)39(66-42(73)33(53)9-7-21-58-50(54)55)47(78)61-34(11-8-22-59-51(56)57)43(74)60-27(3)41(72)63-37(24-30-14-18-32(71)19-15-30)45(76)67-40(28(4)69)48(79)64-36(23-29-12-16-31(70)17-13-29)44(75)65-38(25-68)46(77)62-35(49(80)81)10-5-6-20-52;1-2(3)4/h12-19,26-28,33-40,68-71H,5-11,20-25,52-53H2,1-4H3,(H,60,74)(H,61,78)(H,62,77)(H,63,72)(H,64,79)(H,65,75)(H,66,73)(H,67,76)(H,80,81)(H4,54,55,58)(H4,56,57,59);1H3,(H,3,4)/t27-,28+,33-,34-,35-,36-,37-,38-,39-,40-;/m0./s1. The molecule has 2 rings (SSSR count). The number of aliphatic hydroxyl groups excluding tert-OH is 2. The van der Waals surface area contributed by atoms with Crippen molar-refractivity contribution in [3.63, 3.8) is 0 Å². The molecule has 0 fully saturated rings. The second-order valence-electron chi connectivity index (χ2n) is 20.1. The van der Waals surface area contributed by atoms with Crippen molar-refractivity contribution in [1.29, 1.82) is 0 Å². The van der Waals surface area contributed by atoms with E-state index in [1.165, 1.54) is 55.5 Å². The molecule has 0 spiro atoms. The minimum absolute atomic E-state index is 0.0107. The number of phenolic OH excluding ortho intramolecular Hbond substituents is 2. The zero-order valence-corrected chi connectivity index (χ0v) is 48.3. The van der Waals surface area contributed by atoms with E-state index >= 15 is 0 Å². The predicted octanol–water partition coefficient (Wildman–Crippen LogP) is -5.45. The number of aliphatic hydroxyl groups is 2. The van der Waals surface area contributed by atoms with Gasteiger partial charge in [-0.25, -0.2) is 4.79 Å². The van der Waals surface area contributed by atoms with Crippen molar-refractivity contribution in [2.75, 3.05) is 26.2 Å². The molecule has 0 unspecified atom stereocenters. The number of carbonyl (C=O) groups excluding carboxylic acids is 8. The maximum Gasteiger partial charge on any atom is 0.326 e. The Morgan fingerprint density at radius 2 is 0.882 bits per heavy atom. The number of aromatic hydroxyl groups is 2. The third kappa shape index (κ3) is 29.8. The highest BCUT2D eigenvalue weighted by Crippen LogP contribution is 2.15. The van der Waals surface area contributed by atoms with E-state index in [9.17, 15) is 68.7 Å². The predicted molar refractivity (Wildman–Crippen MR) is 310 cm³/mol. The van der Waals surface area contributed by atoms with Crippen LogP contribution >= 0.6 is 0 Å². The molecule has 0 aliphatic rings. The van der Waals surface area contributed by atoms with Gasteiger partial charge in [-0.3, -0.25) is 53.1 Å². The first kappa shape index (κ1) is 74.1. The zero-order chi connectivity index (χ0) is 64.5. The number of rotatable bonds is 36. The number of nitrogens with zero attached hydrogens (tertiary/aromatic N) is 2. The van der Waals surface area contributed by atoms with E-state index in [2.05, 4.69) is 52.5 Å². The van der Waals surface area contributed by atoms with Crippen LogP contribution in [-0.2, 0) is 60.8 Å². The minimum atomic E-state index is -1.86. The van der Waals surface area contributed by atoms with Crippen molar-refractivity contribution >= 4 is 71.1 Å². The number of hydrogen-bond acceptors (Lipinski definition) is 18. The highest BCUT2D eigenvalue weighted by Gasteiger charge is 2.36. The first-order chi connectivity index (χ1) is 39.9. The number of aliphatic imine (C=N–C) groups is 2. The van der Waals surface area contributed by atoms with E-state index in [0.29, 0.717) is 30.4 Å². The molecule has 32 nitrogen and oxygen atoms in total. The molecule has 0 radical (unpaired) electrons. The summed E-state index contributed by atoms with van der Waals surface area (Å²) < 4.78 is 0. The molecule has 32 heteroatoms. The Kier molecular flexibility index (Phi) is 33.8. The van der Waals surface area contributed by atoms with Gasteiger partial charge < -0.3 is 108 Å². The van der Waals surface area contributed by atoms with Crippen molar-refractivity contribution in [1.82, 2.24) is 42.5 Å². The SMILES string of the molecule is CC(=O)O.CC(C)[C@H](NC(=O)[C@@H](N)CCCN=C(N)N)C(=O)N[C@@H](CCCN=C(N)N)C(=O)N[C@@H](C)C(=O)N[C@@H](Cc1ccc(O)cc1)C(=O)N[C@H](C(=O)N[C@@H](Cc1ccc(O)cc1)C(=O)N[C@@H](CO)C(=O)N[C@@H](CCCCN)C(=O)O)[C@@H](C)O. The number of carboxylic acid groups (broad SMARTS) is 2. The van der Waals surface area contributed by atoms with Gasteiger partial charge >= 0.3 is 5.97 Å². The Balaban J connectivity index is 0.00000873. The van der Waals surface area contributed by atoms with Crippen molar-refractivity contribution in [2.45, 2.75) is 153 Å². The van der Waals surface area contributed by atoms with Crippen LogP contribution in [0.2, 0.25) is 0 Å². The minimum Gasteiger partial charge on any atom is -0.508 e. The highest BCUT2D eigenvalue weighted by molar-refractivity contribution is 5.98. The summed E-state index contributed by atoms with van der Waals surface area (Å²) in [6, 6.07) is -2.27. The molecule has 10 atom stereocenters. The fourth-order valence-electron chi connectivity index (χ4n) is 7.72. The molecule has 8 amide bonds. The van der Waals surface area contributed by atoms with Crippen LogP contribution in [0.4, 0.5) is 0 Å². The average Bonchev–Trinajstić information content (AvgIpc) is 3.41. The lowest BCUT2D eigenvalue weighted by molar-refractivity contribution is -0.143. The van der Waals surface area contributed by atoms with E-state index in [4.69, 9.17) is 44.3 Å². The number of phenols is 2. The third-order valence-electron chi connectivity index (χ3n) is 12.3. The summed E-state index contributed by atoms with van der Waals surface area (Å²) in [5.74, 6) is -10.9. The molecular weight excluding hydrogens is 1120 g/mol. The van der Waals surface area contributed by atoms with Crippen LogP contribution in [0.25, 0.3) is 0 Å². The van der Waals surface area contributed by atoms with Crippen molar-refractivity contribution in [3.05, 3.63) is 59.7 Å². The van der Waals surface area contributed by atoms with Crippen LogP contribution in [0, 0.1) is 5.92 Å². The average molecular weight is 1200 g/mol. The fraction of sp³-hybridized carbons (Fsp3) is 0.547. The molecule has 474 valence electrons. The zero-order valence-electron chi connectivity index (χ0n) is 48.3. The molecule has 0 aliphatic heterocycles. The molecule has 0 bridgehead atoms. The Hall–Kier alpha value is -8.88. The number of nitrogens with two attached hydrogens (primary N) is 6. The van der Waals surface area contributed by atoms with Gasteiger partial charge in [0.1, 0.15) is 59.8 Å². The van der Waals surface area contributed by atoms with Gasteiger partial charge in [0.2, 0.25) is 47.3 Å². The maximum atomic E-state index is 14.3. The lowest BCUT2D eigenvalue weighted by atomic mass is 10.0. The normalized spacial score (nSPS) is 14.3.